The lowest BCUT2D eigenvalue weighted by atomic mass is 10.1. The van der Waals surface area contributed by atoms with Crippen LogP contribution in [0.2, 0.25) is 0 Å². The van der Waals surface area contributed by atoms with E-state index in [0.29, 0.717) is 5.17 Å². The summed E-state index contributed by atoms with van der Waals surface area (Å²) in [6.07, 6.45) is 0.541. The summed E-state index contributed by atoms with van der Waals surface area (Å²) in [5, 5.41) is 16.3. The van der Waals surface area contributed by atoms with Gasteiger partial charge in [0.15, 0.2) is 10.3 Å². The number of carboxylic acids is 1. The number of nitrogens with one attached hydrogen (secondary N) is 2. The molecule has 0 bridgehead atoms. The standard InChI is InChI=1S/C21H20N4O4S2/c1-29-14-6-7-15-17(10-14)30-20(24-15)22-9-8-12-2-4-13(5-3-12)23-21-25-16(11-18(26)27)19(28)31-21/h2-7,10,16H,8-9,11H2,1H3,(H,22,24)(H,23,25)(H,26,27)/t16-/m0/s1. The second-order valence-electron chi connectivity index (χ2n) is 6.82. The Labute approximate surface area is 186 Å². The second-order valence-corrected chi connectivity index (χ2v) is 8.84. The van der Waals surface area contributed by atoms with Crippen molar-refractivity contribution in [1.82, 2.24) is 4.98 Å². The number of hydrogen-bond acceptors (Lipinski definition) is 9. The van der Waals surface area contributed by atoms with Crippen molar-refractivity contribution >= 4 is 60.4 Å². The maximum absolute atomic E-state index is 11.8. The van der Waals surface area contributed by atoms with Gasteiger partial charge in [-0.15, -0.1) is 0 Å². The highest BCUT2D eigenvalue weighted by molar-refractivity contribution is 8.27. The highest BCUT2D eigenvalue weighted by atomic mass is 32.2. The van der Waals surface area contributed by atoms with Gasteiger partial charge in [0.05, 0.1) is 23.7 Å². The van der Waals surface area contributed by atoms with Crippen LogP contribution < -0.4 is 15.4 Å². The molecule has 0 fully saturated rings. The van der Waals surface area contributed by atoms with Crippen LogP contribution >= 0.6 is 23.1 Å². The molecule has 0 radical (unpaired) electrons. The molecule has 1 aliphatic heterocycles. The van der Waals surface area contributed by atoms with Crippen LogP contribution in [0.4, 0.5) is 10.8 Å². The number of aliphatic carboxylic acids is 1. The van der Waals surface area contributed by atoms with Crippen LogP contribution in [0.1, 0.15) is 12.0 Å². The predicted molar refractivity (Wildman–Crippen MR) is 125 cm³/mol. The third-order valence-electron chi connectivity index (χ3n) is 4.60. The molecular weight excluding hydrogens is 436 g/mol. The van der Waals surface area contributed by atoms with Crippen molar-refractivity contribution in [3.63, 3.8) is 0 Å². The van der Waals surface area contributed by atoms with Crippen LogP contribution in [-0.2, 0) is 16.0 Å². The highest BCUT2D eigenvalue weighted by Gasteiger charge is 2.29. The zero-order valence-corrected chi connectivity index (χ0v) is 18.3. The van der Waals surface area contributed by atoms with Gasteiger partial charge < -0.3 is 20.5 Å². The third kappa shape index (κ3) is 5.33. The number of ether oxygens (including phenoxy) is 1. The van der Waals surface area contributed by atoms with Crippen LogP contribution in [0, 0.1) is 0 Å². The summed E-state index contributed by atoms with van der Waals surface area (Å²) in [5.41, 5.74) is 2.90. The number of aromatic nitrogens is 1. The molecule has 1 aliphatic rings. The van der Waals surface area contributed by atoms with E-state index in [-0.39, 0.29) is 11.5 Å². The minimum Gasteiger partial charge on any atom is -0.497 e. The fourth-order valence-corrected chi connectivity index (χ4v) is 4.77. The van der Waals surface area contributed by atoms with Crippen LogP contribution in [0.25, 0.3) is 10.2 Å². The number of hydrogen-bond donors (Lipinski definition) is 3. The van der Waals surface area contributed by atoms with Crippen molar-refractivity contribution in [1.29, 1.82) is 0 Å². The minimum absolute atomic E-state index is 0.249. The fraction of sp³-hybridized carbons (Fsp3) is 0.238. The van der Waals surface area contributed by atoms with Gasteiger partial charge in [-0.2, -0.15) is 0 Å². The average Bonchev–Trinajstić information content (AvgIpc) is 3.30. The molecule has 3 aromatic rings. The van der Waals surface area contributed by atoms with Crippen molar-refractivity contribution in [3.8, 4) is 5.75 Å². The van der Waals surface area contributed by atoms with Crippen LogP contribution in [0.15, 0.2) is 47.5 Å². The summed E-state index contributed by atoms with van der Waals surface area (Å²) in [6, 6.07) is 12.8. The van der Waals surface area contributed by atoms with Gasteiger partial charge in [0, 0.05) is 12.2 Å². The monoisotopic (exact) mass is 456 g/mol. The molecule has 0 amide bonds. The van der Waals surface area contributed by atoms with Crippen molar-refractivity contribution in [2.45, 2.75) is 18.9 Å². The summed E-state index contributed by atoms with van der Waals surface area (Å²) < 4.78 is 6.33. The number of rotatable bonds is 8. The maximum atomic E-state index is 11.8. The highest BCUT2D eigenvalue weighted by Crippen LogP contribution is 2.29. The van der Waals surface area contributed by atoms with Crippen molar-refractivity contribution < 1.29 is 19.4 Å². The number of carboxylic acid groups (broad SMARTS) is 1. The van der Waals surface area contributed by atoms with E-state index >= 15 is 0 Å². The molecule has 10 heteroatoms. The van der Waals surface area contributed by atoms with E-state index in [9.17, 15) is 9.59 Å². The maximum Gasteiger partial charge on any atom is 0.306 e. The van der Waals surface area contributed by atoms with Gasteiger partial charge in [-0.25, -0.2) is 9.98 Å². The topological polar surface area (TPSA) is 113 Å². The van der Waals surface area contributed by atoms with Crippen LogP contribution in [-0.4, -0.2) is 46.0 Å². The molecule has 2 aromatic carbocycles. The lowest BCUT2D eigenvalue weighted by Gasteiger charge is -2.07. The molecule has 0 aliphatic carbocycles. The lowest BCUT2D eigenvalue weighted by Crippen LogP contribution is -2.15. The van der Waals surface area contributed by atoms with Gasteiger partial charge >= 0.3 is 5.97 Å². The molecule has 0 saturated heterocycles. The summed E-state index contributed by atoms with van der Waals surface area (Å²) in [6.45, 7) is 0.748. The number of benzene rings is 2. The summed E-state index contributed by atoms with van der Waals surface area (Å²) in [7, 11) is 1.65. The zero-order valence-electron chi connectivity index (χ0n) is 16.6. The smallest absolute Gasteiger partial charge is 0.306 e. The number of nitrogens with zero attached hydrogens (tertiary/aromatic N) is 2. The Kier molecular flexibility index (Phi) is 6.38. The molecule has 2 heterocycles. The summed E-state index contributed by atoms with van der Waals surface area (Å²) in [5.74, 6) is -0.215. The van der Waals surface area contributed by atoms with Gasteiger partial charge in [0.1, 0.15) is 11.8 Å². The molecule has 1 aromatic heterocycles. The van der Waals surface area contributed by atoms with E-state index in [1.807, 2.05) is 42.5 Å². The molecule has 3 N–H and O–H groups in total. The van der Waals surface area contributed by atoms with E-state index < -0.39 is 12.0 Å². The van der Waals surface area contributed by atoms with Gasteiger partial charge in [-0.1, -0.05) is 23.5 Å². The molecule has 1 atom stereocenters. The second kappa shape index (κ2) is 9.36. The first-order chi connectivity index (χ1) is 15.0. The number of thioether (sulfide) groups is 1. The average molecular weight is 457 g/mol. The number of carbonyl (C=O) groups is 2. The van der Waals surface area contributed by atoms with Gasteiger partial charge in [0.25, 0.3) is 0 Å². The van der Waals surface area contributed by atoms with Gasteiger partial charge in [-0.05, 0) is 54.1 Å². The fourth-order valence-electron chi connectivity index (χ4n) is 3.04. The number of fused-ring (bicyclic) bond motifs is 1. The van der Waals surface area contributed by atoms with Crippen molar-refractivity contribution in [3.05, 3.63) is 48.0 Å². The Morgan fingerprint density at radius 2 is 2.03 bits per heavy atom. The number of anilines is 2. The van der Waals surface area contributed by atoms with Crippen molar-refractivity contribution in [2.24, 2.45) is 4.99 Å². The Morgan fingerprint density at radius 3 is 2.77 bits per heavy atom. The first-order valence-corrected chi connectivity index (χ1v) is 11.2. The SMILES string of the molecule is COc1ccc2nc(NCCc3ccc(NC4=N[C@@H](CC(=O)O)C(=O)S4)cc3)sc2c1. The summed E-state index contributed by atoms with van der Waals surface area (Å²) in [4.78, 5) is 31.3. The molecule has 31 heavy (non-hydrogen) atoms. The molecule has 0 saturated carbocycles. The molecule has 8 nitrogen and oxygen atoms in total. The first kappa shape index (κ1) is 21.1. The predicted octanol–water partition coefficient (Wildman–Crippen LogP) is 3.84. The van der Waals surface area contributed by atoms with Gasteiger partial charge in [-0.3, -0.25) is 9.59 Å². The first-order valence-electron chi connectivity index (χ1n) is 9.56. The number of methoxy groups -OCH3 is 1. The molecule has 0 spiro atoms. The third-order valence-corrected chi connectivity index (χ3v) is 6.45. The Morgan fingerprint density at radius 1 is 1.23 bits per heavy atom. The Balaban J connectivity index is 1.29. The summed E-state index contributed by atoms with van der Waals surface area (Å²) >= 11 is 2.54. The molecular formula is C21H20N4O4S2. The van der Waals surface area contributed by atoms with Crippen LogP contribution in [0.5, 0.6) is 5.75 Å². The molecule has 160 valence electrons. The van der Waals surface area contributed by atoms with E-state index in [1.165, 1.54) is 0 Å². The Hall–Kier alpha value is -3.11. The normalized spacial score (nSPS) is 15.7. The van der Waals surface area contributed by atoms with Gasteiger partial charge in [0.2, 0.25) is 5.12 Å². The van der Waals surface area contributed by atoms with Crippen LogP contribution in [0.3, 0.4) is 0 Å². The quantitative estimate of drug-likeness (QED) is 0.469. The largest absolute Gasteiger partial charge is 0.497 e. The number of aliphatic imine (C=N–C) groups is 1. The zero-order chi connectivity index (χ0) is 21.8. The molecule has 4 rings (SSSR count). The number of thiazole rings is 1. The Bertz CT molecular complexity index is 1140. The number of amidine groups is 1. The van der Waals surface area contributed by atoms with E-state index in [1.54, 1.807) is 18.4 Å². The van der Waals surface area contributed by atoms with E-state index in [2.05, 4.69) is 20.6 Å². The van der Waals surface area contributed by atoms with E-state index in [4.69, 9.17) is 9.84 Å². The molecule has 0 unspecified atom stereocenters. The minimum atomic E-state index is -1.03. The van der Waals surface area contributed by atoms with E-state index in [0.717, 1.165) is 57.1 Å². The lowest BCUT2D eigenvalue weighted by molar-refractivity contribution is -0.138. The number of carbonyl (C=O) groups excluding carboxylic acids is 1. The van der Waals surface area contributed by atoms with Crippen molar-refractivity contribution in [2.75, 3.05) is 24.3 Å².